The molecule has 0 saturated heterocycles. The number of aliphatic imine (C=N–C) groups is 1. The van der Waals surface area contributed by atoms with Crippen LogP contribution in [-0.4, -0.2) is 45.4 Å². The number of nitrogens with zero attached hydrogens (tertiary/aromatic N) is 1. The van der Waals surface area contributed by atoms with Crippen molar-refractivity contribution in [2.75, 3.05) is 26.0 Å². The summed E-state index contributed by atoms with van der Waals surface area (Å²) in [5, 5.41) is 15.9. The number of aryl methyl sites for hydroxylation is 1. The molecule has 0 spiro atoms. The molecule has 1 aromatic carbocycles. The van der Waals surface area contributed by atoms with Gasteiger partial charge in [-0.05, 0) is 55.7 Å². The minimum atomic E-state index is -3.20. The van der Waals surface area contributed by atoms with E-state index in [0.29, 0.717) is 23.3 Å². The van der Waals surface area contributed by atoms with Crippen molar-refractivity contribution in [3.8, 4) is 0 Å². The first-order valence-electron chi connectivity index (χ1n) is 9.60. The minimum absolute atomic E-state index is 0.193. The third-order valence-corrected chi connectivity index (χ3v) is 5.56. The molecule has 0 aromatic heterocycles. The highest BCUT2D eigenvalue weighted by Gasteiger charge is 2.12. The van der Waals surface area contributed by atoms with Gasteiger partial charge in [0.05, 0.1) is 11.4 Å². The third kappa shape index (κ3) is 8.75. The molecule has 0 aliphatic heterocycles. The zero-order valence-corrected chi connectivity index (χ0v) is 18.1. The molecule has 3 N–H and O–H groups in total. The second kappa shape index (κ2) is 11.3. The molecule has 0 aliphatic carbocycles. The molecule has 1 atom stereocenters. The van der Waals surface area contributed by atoms with Gasteiger partial charge in [-0.1, -0.05) is 26.0 Å². The predicted octanol–water partition coefficient (Wildman–Crippen LogP) is 2.50. The van der Waals surface area contributed by atoms with E-state index in [1.54, 1.807) is 13.0 Å². The van der Waals surface area contributed by atoms with E-state index in [1.165, 1.54) is 6.26 Å². The maximum atomic E-state index is 11.7. The third-order valence-electron chi connectivity index (χ3n) is 4.30. The van der Waals surface area contributed by atoms with Crippen LogP contribution in [0.4, 0.5) is 0 Å². The van der Waals surface area contributed by atoms with Crippen molar-refractivity contribution in [3.05, 3.63) is 29.3 Å². The van der Waals surface area contributed by atoms with Gasteiger partial charge in [-0.3, -0.25) is 0 Å². The van der Waals surface area contributed by atoms with Crippen molar-refractivity contribution in [2.24, 2.45) is 16.8 Å². The molecule has 0 saturated carbocycles. The van der Waals surface area contributed by atoms with E-state index in [-0.39, 0.29) is 6.61 Å². The first-order chi connectivity index (χ1) is 12.7. The van der Waals surface area contributed by atoms with Crippen molar-refractivity contribution < 1.29 is 13.5 Å². The number of aliphatic hydroxyl groups is 1. The summed E-state index contributed by atoms with van der Waals surface area (Å²) in [5.74, 6) is 1.71. The van der Waals surface area contributed by atoms with Gasteiger partial charge in [0.25, 0.3) is 0 Å². The van der Waals surface area contributed by atoms with Crippen LogP contribution in [-0.2, 0) is 16.4 Å². The van der Waals surface area contributed by atoms with Crippen LogP contribution >= 0.6 is 0 Å². The van der Waals surface area contributed by atoms with Crippen molar-refractivity contribution in [3.63, 3.8) is 0 Å². The van der Waals surface area contributed by atoms with Crippen LogP contribution in [0.15, 0.2) is 28.1 Å². The van der Waals surface area contributed by atoms with E-state index in [2.05, 4.69) is 29.5 Å². The maximum absolute atomic E-state index is 11.7. The van der Waals surface area contributed by atoms with Gasteiger partial charge in [-0.25, -0.2) is 13.4 Å². The largest absolute Gasteiger partial charge is 0.396 e. The Morgan fingerprint density at radius 3 is 2.48 bits per heavy atom. The first kappa shape index (κ1) is 23.4. The van der Waals surface area contributed by atoms with Crippen LogP contribution in [0.2, 0.25) is 0 Å². The average molecular weight is 398 g/mol. The zero-order valence-electron chi connectivity index (χ0n) is 17.2. The van der Waals surface area contributed by atoms with Crippen molar-refractivity contribution in [2.45, 2.75) is 52.0 Å². The van der Waals surface area contributed by atoms with Crippen LogP contribution in [0.25, 0.3) is 0 Å². The lowest BCUT2D eigenvalue weighted by atomic mass is 9.94. The number of rotatable bonds is 10. The molecule has 0 amide bonds. The number of hydrogen-bond donors (Lipinski definition) is 3. The minimum Gasteiger partial charge on any atom is -0.396 e. The lowest BCUT2D eigenvalue weighted by Gasteiger charge is -2.20. The lowest BCUT2D eigenvalue weighted by molar-refractivity contribution is 0.243. The van der Waals surface area contributed by atoms with E-state index >= 15 is 0 Å². The van der Waals surface area contributed by atoms with Gasteiger partial charge in [-0.2, -0.15) is 0 Å². The van der Waals surface area contributed by atoms with Gasteiger partial charge in [0.1, 0.15) is 0 Å². The molecular weight excluding hydrogens is 362 g/mol. The molecule has 0 aliphatic rings. The Morgan fingerprint density at radius 2 is 1.96 bits per heavy atom. The Labute approximate surface area is 164 Å². The summed E-state index contributed by atoms with van der Waals surface area (Å²) in [7, 11) is -3.20. The summed E-state index contributed by atoms with van der Waals surface area (Å²) < 4.78 is 23.5. The normalized spacial score (nSPS) is 13.7. The number of hydrogen-bond acceptors (Lipinski definition) is 4. The molecule has 0 fully saturated rings. The number of guanidine groups is 1. The van der Waals surface area contributed by atoms with Crippen LogP contribution in [0, 0.1) is 18.8 Å². The zero-order chi connectivity index (χ0) is 20.4. The van der Waals surface area contributed by atoms with Crippen molar-refractivity contribution in [1.29, 1.82) is 0 Å². The van der Waals surface area contributed by atoms with Gasteiger partial charge in [-0.15, -0.1) is 0 Å². The highest BCUT2D eigenvalue weighted by atomic mass is 32.2. The van der Waals surface area contributed by atoms with Gasteiger partial charge < -0.3 is 15.7 Å². The molecule has 0 bridgehead atoms. The fourth-order valence-corrected chi connectivity index (χ4v) is 4.09. The molecule has 1 unspecified atom stereocenters. The van der Waals surface area contributed by atoms with Crippen molar-refractivity contribution >= 4 is 15.8 Å². The predicted molar refractivity (Wildman–Crippen MR) is 112 cm³/mol. The fraction of sp³-hybridized carbons (Fsp3) is 0.650. The highest BCUT2D eigenvalue weighted by Crippen LogP contribution is 2.17. The monoisotopic (exact) mass is 397 g/mol. The second-order valence-electron chi connectivity index (χ2n) is 7.46. The highest BCUT2D eigenvalue weighted by molar-refractivity contribution is 7.90. The Balaban J connectivity index is 2.79. The summed E-state index contributed by atoms with van der Waals surface area (Å²) in [6.07, 6.45) is 3.05. The van der Waals surface area contributed by atoms with Crippen LogP contribution in [0.5, 0.6) is 0 Å². The van der Waals surface area contributed by atoms with Crippen LogP contribution in [0.1, 0.15) is 44.7 Å². The van der Waals surface area contributed by atoms with E-state index in [1.807, 2.05) is 19.1 Å². The number of benzene rings is 1. The molecule has 7 heteroatoms. The van der Waals surface area contributed by atoms with E-state index in [4.69, 9.17) is 0 Å². The van der Waals surface area contributed by atoms with Crippen LogP contribution < -0.4 is 10.6 Å². The van der Waals surface area contributed by atoms with Gasteiger partial charge >= 0.3 is 0 Å². The summed E-state index contributed by atoms with van der Waals surface area (Å²) in [4.78, 5) is 4.97. The maximum Gasteiger partial charge on any atom is 0.191 e. The molecule has 0 radical (unpaired) electrons. The SMILES string of the molecule is CCNC(=NCc1ccc(S(C)(=O)=O)c(C)c1)NCC(CCO)CC(C)C. The molecule has 6 nitrogen and oxygen atoms in total. The lowest BCUT2D eigenvalue weighted by Crippen LogP contribution is -2.40. The standard InChI is InChI=1S/C20H35N3O3S/c1-6-21-20(23-14-18(9-10-24)11-15(2)3)22-13-17-7-8-19(16(4)12-17)27(5,25)26/h7-8,12,15,18,24H,6,9-11,13-14H2,1-5H3,(H2,21,22,23). The van der Waals surface area contributed by atoms with E-state index < -0.39 is 9.84 Å². The molecule has 27 heavy (non-hydrogen) atoms. The number of sulfone groups is 1. The Hall–Kier alpha value is -1.60. The van der Waals surface area contributed by atoms with E-state index in [0.717, 1.165) is 43.0 Å². The van der Waals surface area contributed by atoms with Gasteiger partial charge in [0.15, 0.2) is 15.8 Å². The smallest absolute Gasteiger partial charge is 0.191 e. The summed E-state index contributed by atoms with van der Waals surface area (Å²) >= 11 is 0. The van der Waals surface area contributed by atoms with Crippen molar-refractivity contribution in [1.82, 2.24) is 10.6 Å². The first-order valence-corrected chi connectivity index (χ1v) is 11.5. The Bertz CT molecular complexity index is 715. The molecule has 1 rings (SSSR count). The Morgan fingerprint density at radius 1 is 1.26 bits per heavy atom. The topological polar surface area (TPSA) is 90.8 Å². The van der Waals surface area contributed by atoms with Crippen LogP contribution in [0.3, 0.4) is 0 Å². The molecule has 0 heterocycles. The number of aliphatic hydroxyl groups excluding tert-OH is 1. The molecular formula is C20H35N3O3S. The average Bonchev–Trinajstić information content (AvgIpc) is 2.55. The summed E-state index contributed by atoms with van der Waals surface area (Å²) in [6.45, 7) is 10.4. The molecule has 1 aromatic rings. The fourth-order valence-electron chi connectivity index (χ4n) is 3.13. The quantitative estimate of drug-likeness (QED) is 0.417. The Kier molecular flexibility index (Phi) is 9.80. The molecule has 154 valence electrons. The summed E-state index contributed by atoms with van der Waals surface area (Å²) in [6, 6.07) is 5.33. The van der Waals surface area contributed by atoms with Gasteiger partial charge in [0, 0.05) is 26.0 Å². The number of nitrogens with one attached hydrogen (secondary N) is 2. The van der Waals surface area contributed by atoms with Gasteiger partial charge in [0.2, 0.25) is 0 Å². The van der Waals surface area contributed by atoms with E-state index in [9.17, 15) is 13.5 Å². The summed E-state index contributed by atoms with van der Waals surface area (Å²) in [5.41, 5.74) is 1.70. The second-order valence-corrected chi connectivity index (χ2v) is 9.44.